The van der Waals surface area contributed by atoms with Crippen molar-refractivity contribution in [3.05, 3.63) is 70.4 Å². The number of hydrogen-bond acceptors (Lipinski definition) is 4. The zero-order valence-electron chi connectivity index (χ0n) is 15.4. The van der Waals surface area contributed by atoms with Gasteiger partial charge in [-0.2, -0.15) is 0 Å². The highest BCUT2D eigenvalue weighted by Gasteiger charge is 2.10. The third-order valence-electron chi connectivity index (χ3n) is 5.07. The average molecular weight is 433 g/mol. The summed E-state index contributed by atoms with van der Waals surface area (Å²) in [5.41, 5.74) is 2.64. The summed E-state index contributed by atoms with van der Waals surface area (Å²) in [6.07, 6.45) is 0. The summed E-state index contributed by atoms with van der Waals surface area (Å²) >= 11 is 7.57. The molecule has 0 aliphatic heterocycles. The molecular formula is C24H16S4. The summed E-state index contributed by atoms with van der Waals surface area (Å²) in [6.45, 7) is 4.37. The molecule has 0 bridgehead atoms. The minimum Gasteiger partial charge on any atom is -0.140 e. The van der Waals surface area contributed by atoms with E-state index in [0.29, 0.717) is 0 Å². The van der Waals surface area contributed by atoms with E-state index in [1.807, 2.05) is 45.3 Å². The minimum absolute atomic E-state index is 1.31. The SMILES string of the molecule is Cc1cc2sc(-c3ccc4cc(-c5cc6sc(C)cc6s5)ccc4c3)cc2s1. The van der Waals surface area contributed by atoms with E-state index in [0.717, 1.165) is 0 Å². The highest BCUT2D eigenvalue weighted by Crippen LogP contribution is 2.41. The van der Waals surface area contributed by atoms with Gasteiger partial charge in [0.15, 0.2) is 0 Å². The molecule has 0 amide bonds. The van der Waals surface area contributed by atoms with Gasteiger partial charge in [-0.15, -0.1) is 45.3 Å². The average Bonchev–Trinajstić information content (AvgIpc) is 3.39. The molecular weight excluding hydrogens is 417 g/mol. The minimum atomic E-state index is 1.31. The highest BCUT2D eigenvalue weighted by molar-refractivity contribution is 7.30. The fourth-order valence-corrected chi connectivity index (χ4v) is 8.38. The molecule has 0 spiro atoms. The Morgan fingerprint density at radius 2 is 0.893 bits per heavy atom. The predicted molar refractivity (Wildman–Crippen MR) is 131 cm³/mol. The highest BCUT2D eigenvalue weighted by atomic mass is 32.1. The summed E-state index contributed by atoms with van der Waals surface area (Å²) < 4.78 is 5.61. The molecule has 0 fully saturated rings. The lowest BCUT2D eigenvalue weighted by molar-refractivity contribution is 1.66. The Labute approximate surface area is 179 Å². The van der Waals surface area contributed by atoms with Crippen LogP contribution < -0.4 is 0 Å². The Bertz CT molecular complexity index is 1310. The van der Waals surface area contributed by atoms with Gasteiger partial charge in [0.1, 0.15) is 0 Å². The lowest BCUT2D eigenvalue weighted by Gasteiger charge is -2.04. The third kappa shape index (κ3) is 2.75. The van der Waals surface area contributed by atoms with Gasteiger partial charge in [-0.1, -0.05) is 24.3 Å². The Balaban J connectivity index is 1.41. The fraction of sp³-hybridized carbons (Fsp3) is 0.0833. The zero-order chi connectivity index (χ0) is 18.8. The van der Waals surface area contributed by atoms with Crippen molar-refractivity contribution in [2.75, 3.05) is 0 Å². The van der Waals surface area contributed by atoms with E-state index in [2.05, 4.69) is 74.5 Å². The van der Waals surface area contributed by atoms with E-state index in [1.54, 1.807) is 0 Å². The Morgan fingerprint density at radius 1 is 0.464 bits per heavy atom. The van der Waals surface area contributed by atoms with Crippen LogP contribution in [0.3, 0.4) is 0 Å². The monoisotopic (exact) mass is 432 g/mol. The second kappa shape index (κ2) is 6.26. The first kappa shape index (κ1) is 16.9. The van der Waals surface area contributed by atoms with Gasteiger partial charge in [0.2, 0.25) is 0 Å². The molecule has 0 unspecified atom stereocenters. The van der Waals surface area contributed by atoms with Crippen LogP contribution in [0.5, 0.6) is 0 Å². The Hall–Kier alpha value is -1.98. The first-order chi connectivity index (χ1) is 13.6. The molecule has 0 aliphatic carbocycles. The van der Waals surface area contributed by atoms with Crippen molar-refractivity contribution >= 4 is 74.9 Å². The van der Waals surface area contributed by atoms with Gasteiger partial charge in [-0.25, -0.2) is 0 Å². The maximum Gasteiger partial charge on any atom is 0.0459 e. The van der Waals surface area contributed by atoms with Crippen molar-refractivity contribution in [1.29, 1.82) is 0 Å². The normalized spacial score (nSPS) is 11.9. The van der Waals surface area contributed by atoms with Crippen LogP contribution in [-0.2, 0) is 0 Å². The van der Waals surface area contributed by atoms with Crippen molar-refractivity contribution in [1.82, 2.24) is 0 Å². The summed E-state index contributed by atoms with van der Waals surface area (Å²) in [6, 6.07) is 23.0. The number of hydrogen-bond donors (Lipinski definition) is 0. The van der Waals surface area contributed by atoms with E-state index in [4.69, 9.17) is 0 Å². The molecule has 6 rings (SSSR count). The van der Waals surface area contributed by atoms with Gasteiger partial charge in [0, 0.05) is 38.3 Å². The molecule has 0 N–H and O–H groups in total. The molecule has 2 aromatic carbocycles. The Kier molecular flexibility index (Phi) is 3.78. The van der Waals surface area contributed by atoms with Crippen molar-refractivity contribution < 1.29 is 0 Å². The number of thiophene rings is 4. The molecule has 0 saturated carbocycles. The number of rotatable bonds is 2. The molecule has 4 heteroatoms. The summed E-state index contributed by atoms with van der Waals surface area (Å²) in [5.74, 6) is 0. The summed E-state index contributed by atoms with van der Waals surface area (Å²) in [7, 11) is 0. The van der Waals surface area contributed by atoms with Crippen LogP contribution in [0.1, 0.15) is 9.75 Å². The number of fused-ring (bicyclic) bond motifs is 3. The molecule has 28 heavy (non-hydrogen) atoms. The van der Waals surface area contributed by atoms with Crippen molar-refractivity contribution in [3.8, 4) is 20.9 Å². The van der Waals surface area contributed by atoms with Crippen LogP contribution in [0.25, 0.3) is 50.5 Å². The second-order valence-corrected chi connectivity index (χ2v) is 11.9. The maximum absolute atomic E-state index is 2.34. The van der Waals surface area contributed by atoms with E-state index in [-0.39, 0.29) is 0 Å². The van der Waals surface area contributed by atoms with E-state index in [1.165, 1.54) is 60.2 Å². The van der Waals surface area contributed by atoms with E-state index >= 15 is 0 Å². The lowest BCUT2D eigenvalue weighted by atomic mass is 10.0. The smallest absolute Gasteiger partial charge is 0.0459 e. The second-order valence-electron chi connectivity index (χ2n) is 7.17. The molecule has 6 aromatic rings. The van der Waals surface area contributed by atoms with Crippen molar-refractivity contribution in [2.45, 2.75) is 13.8 Å². The fourth-order valence-electron chi connectivity index (χ4n) is 3.75. The van der Waals surface area contributed by atoms with Gasteiger partial charge in [-0.3, -0.25) is 0 Å². The van der Waals surface area contributed by atoms with E-state index in [9.17, 15) is 0 Å². The topological polar surface area (TPSA) is 0 Å². The first-order valence-electron chi connectivity index (χ1n) is 9.17. The Morgan fingerprint density at radius 3 is 1.32 bits per heavy atom. The van der Waals surface area contributed by atoms with Crippen molar-refractivity contribution in [2.24, 2.45) is 0 Å². The van der Waals surface area contributed by atoms with Crippen LogP contribution in [0.4, 0.5) is 0 Å². The van der Waals surface area contributed by atoms with Gasteiger partial charge >= 0.3 is 0 Å². The quantitative estimate of drug-likeness (QED) is 0.256. The third-order valence-corrected chi connectivity index (χ3v) is 9.59. The lowest BCUT2D eigenvalue weighted by Crippen LogP contribution is -1.78. The zero-order valence-corrected chi connectivity index (χ0v) is 18.7. The van der Waals surface area contributed by atoms with Gasteiger partial charge in [-0.05, 0) is 72.1 Å². The summed E-state index contributed by atoms with van der Waals surface area (Å²) in [4.78, 5) is 5.51. The standard InChI is InChI=1S/C24H16S4/c1-13-7-21-23(25-13)11-19(27-21)17-5-3-16-10-18(6-4-15(16)9-17)20-12-24-22(28-20)8-14(2)26-24/h3-12H,1-2H3. The number of benzene rings is 2. The predicted octanol–water partition coefficient (Wildman–Crippen LogP) is 9.34. The van der Waals surface area contributed by atoms with Gasteiger partial charge in [0.25, 0.3) is 0 Å². The van der Waals surface area contributed by atoms with Gasteiger partial charge < -0.3 is 0 Å². The largest absolute Gasteiger partial charge is 0.140 e. The molecule has 4 aromatic heterocycles. The van der Waals surface area contributed by atoms with Crippen LogP contribution in [0, 0.1) is 13.8 Å². The van der Waals surface area contributed by atoms with E-state index < -0.39 is 0 Å². The van der Waals surface area contributed by atoms with Crippen LogP contribution >= 0.6 is 45.3 Å². The molecule has 0 atom stereocenters. The number of aryl methyl sites for hydroxylation is 2. The van der Waals surface area contributed by atoms with Crippen LogP contribution in [0.2, 0.25) is 0 Å². The van der Waals surface area contributed by atoms with Crippen LogP contribution in [-0.4, -0.2) is 0 Å². The summed E-state index contributed by atoms with van der Waals surface area (Å²) in [5, 5.41) is 2.62. The molecule has 0 nitrogen and oxygen atoms in total. The van der Waals surface area contributed by atoms with Gasteiger partial charge in [0.05, 0.1) is 0 Å². The molecule has 136 valence electrons. The molecule has 0 saturated heterocycles. The first-order valence-corrected chi connectivity index (χ1v) is 12.4. The molecule has 4 heterocycles. The van der Waals surface area contributed by atoms with Crippen molar-refractivity contribution in [3.63, 3.8) is 0 Å². The molecule has 0 aliphatic rings. The van der Waals surface area contributed by atoms with Crippen LogP contribution in [0.15, 0.2) is 60.7 Å². The maximum atomic E-state index is 2.34. The molecule has 0 radical (unpaired) electrons.